The maximum Gasteiger partial charge on any atom is 0.326 e. The Balaban J connectivity index is 1.62. The van der Waals surface area contributed by atoms with E-state index >= 15 is 0 Å². The molecule has 7 N–H and O–H groups in total. The highest BCUT2D eigenvalue weighted by Gasteiger charge is 2.27. The summed E-state index contributed by atoms with van der Waals surface area (Å²) in [6.07, 6.45) is 2.40. The largest absolute Gasteiger partial charge is 0.508 e. The van der Waals surface area contributed by atoms with Crippen LogP contribution in [0.25, 0.3) is 0 Å². The molecule has 2 unspecified atom stereocenters. The van der Waals surface area contributed by atoms with E-state index in [0.717, 1.165) is 5.56 Å². The zero-order chi connectivity index (χ0) is 34.3. The molecule has 2 atom stereocenters. The van der Waals surface area contributed by atoms with E-state index in [9.17, 15) is 29.4 Å². The van der Waals surface area contributed by atoms with Gasteiger partial charge in [0.25, 0.3) is 0 Å². The predicted molar refractivity (Wildman–Crippen MR) is 175 cm³/mol. The Morgan fingerprint density at radius 3 is 2.02 bits per heavy atom. The third kappa shape index (κ3) is 12.6. The van der Waals surface area contributed by atoms with Crippen molar-refractivity contribution in [3.8, 4) is 11.9 Å². The highest BCUT2D eigenvalue weighted by Crippen LogP contribution is 2.17. The summed E-state index contributed by atoms with van der Waals surface area (Å²) in [6, 6.07) is 17.6. The number of carbonyl (C=O) groups excluding carboxylic acids is 2. The summed E-state index contributed by atoms with van der Waals surface area (Å²) in [5.41, 5.74) is 3.18. The normalized spacial score (nSPS) is 12.3. The summed E-state index contributed by atoms with van der Waals surface area (Å²) < 4.78 is 0. The molecule has 3 rings (SSSR count). The fourth-order valence-corrected chi connectivity index (χ4v) is 4.57. The van der Waals surface area contributed by atoms with E-state index in [1.165, 1.54) is 12.1 Å². The molecule has 0 fully saturated rings. The van der Waals surface area contributed by atoms with Crippen molar-refractivity contribution in [1.29, 1.82) is 5.26 Å². The lowest BCUT2D eigenvalue weighted by Gasteiger charge is -2.23. The van der Waals surface area contributed by atoms with E-state index < -0.39 is 35.8 Å². The monoisotopic (exact) mass is 642 g/mol. The van der Waals surface area contributed by atoms with Gasteiger partial charge in [-0.15, -0.1) is 0 Å². The lowest BCUT2D eigenvalue weighted by Crippen LogP contribution is -2.52. The van der Waals surface area contributed by atoms with Gasteiger partial charge in [-0.25, -0.2) is 9.79 Å². The predicted octanol–water partition coefficient (Wildman–Crippen LogP) is 3.47. The number of nitrogens with zero attached hydrogens (tertiary/aromatic N) is 2. The number of carboxylic acids is 2. The second kappa shape index (κ2) is 17.6. The Morgan fingerprint density at radius 2 is 1.45 bits per heavy atom. The number of rotatable bonds is 15. The Bertz CT molecular complexity index is 1600. The number of hydrogen-bond acceptors (Lipinski definition) is 7. The minimum atomic E-state index is -1.24. The first kappa shape index (κ1) is 35.6. The minimum absolute atomic E-state index is 0.00746. The van der Waals surface area contributed by atoms with Crippen LogP contribution in [0.2, 0.25) is 0 Å². The van der Waals surface area contributed by atoms with Crippen molar-refractivity contribution in [3.05, 3.63) is 89.5 Å². The van der Waals surface area contributed by atoms with Crippen LogP contribution in [0.15, 0.2) is 77.8 Å². The number of aliphatic carboxylic acids is 2. The Kier molecular flexibility index (Phi) is 13.3. The lowest BCUT2D eigenvalue weighted by atomic mass is 10.00. The van der Waals surface area contributed by atoms with Gasteiger partial charge < -0.3 is 31.3 Å². The number of nitrogens with one attached hydrogen (secondary N) is 4. The third-order valence-corrected chi connectivity index (χ3v) is 6.91. The van der Waals surface area contributed by atoms with Crippen molar-refractivity contribution in [2.24, 2.45) is 10.9 Å². The number of amides is 2. The second-order valence-corrected chi connectivity index (χ2v) is 11.3. The van der Waals surface area contributed by atoms with Crippen LogP contribution in [0.4, 0.5) is 11.4 Å². The van der Waals surface area contributed by atoms with Crippen LogP contribution >= 0.6 is 0 Å². The molecule has 0 saturated carbocycles. The molecule has 13 heteroatoms. The standard InChI is InChI=1S/C34H38N6O7/c1-21(2)17-28(32(45)40-29(33(46)47)18-23-5-3-22(4-6-23)9-16-31(43)44)39-30(42)19-24-7-10-25(11-8-24)37-34(36-20-35)38-26-12-14-27(41)15-13-26/h3-8,10-15,21,28-29,41H,9,16-19H2,1-2H3,(H,39,42)(H,40,45)(H,43,44)(H,46,47)(H2,36,37,38). The van der Waals surface area contributed by atoms with Gasteiger partial charge in [0.1, 0.15) is 17.8 Å². The van der Waals surface area contributed by atoms with E-state index in [1.807, 2.05) is 20.0 Å². The van der Waals surface area contributed by atoms with Crippen LogP contribution in [0, 0.1) is 17.4 Å². The van der Waals surface area contributed by atoms with Crippen LogP contribution in [0.5, 0.6) is 5.75 Å². The van der Waals surface area contributed by atoms with Gasteiger partial charge in [0.2, 0.25) is 17.8 Å². The van der Waals surface area contributed by atoms with Crippen molar-refractivity contribution < 1.29 is 34.5 Å². The van der Waals surface area contributed by atoms with Gasteiger partial charge in [-0.3, -0.25) is 19.7 Å². The van der Waals surface area contributed by atoms with Gasteiger partial charge in [-0.2, -0.15) is 5.26 Å². The molecule has 3 aromatic rings. The molecule has 0 aliphatic carbocycles. The highest BCUT2D eigenvalue weighted by molar-refractivity contribution is 5.96. The Hall–Kier alpha value is -5.90. The number of aliphatic imine (C=N–C) groups is 1. The van der Waals surface area contributed by atoms with Crippen LogP contribution in [0.3, 0.4) is 0 Å². The average Bonchev–Trinajstić information content (AvgIpc) is 3.02. The maximum absolute atomic E-state index is 13.2. The summed E-state index contributed by atoms with van der Waals surface area (Å²) >= 11 is 0. The number of aryl methyl sites for hydroxylation is 1. The van der Waals surface area contributed by atoms with Gasteiger partial charge in [0.15, 0.2) is 6.19 Å². The molecular formula is C34H38N6O7. The molecule has 0 aliphatic rings. The summed E-state index contributed by atoms with van der Waals surface area (Å²) in [5, 5.41) is 47.9. The van der Waals surface area contributed by atoms with Gasteiger partial charge in [-0.05, 0) is 71.8 Å². The van der Waals surface area contributed by atoms with Crippen LogP contribution in [-0.4, -0.2) is 57.1 Å². The first-order chi connectivity index (χ1) is 22.4. The number of benzene rings is 3. The van der Waals surface area contributed by atoms with E-state index in [1.54, 1.807) is 60.7 Å². The SMILES string of the molecule is CC(C)CC(NC(=O)Cc1ccc(N=C(NC#N)Nc2ccc(O)cc2)cc1)C(=O)NC(Cc1ccc(CCC(=O)O)cc1)C(=O)O. The van der Waals surface area contributed by atoms with E-state index in [0.29, 0.717) is 35.3 Å². The number of hydrogen-bond donors (Lipinski definition) is 7. The molecule has 2 amide bonds. The number of phenols is 1. The zero-order valence-electron chi connectivity index (χ0n) is 26.1. The van der Waals surface area contributed by atoms with E-state index in [2.05, 4.69) is 26.3 Å². The molecule has 0 aliphatic heterocycles. The van der Waals surface area contributed by atoms with Gasteiger partial charge in [0, 0.05) is 18.5 Å². The van der Waals surface area contributed by atoms with E-state index in [4.69, 9.17) is 10.4 Å². The number of aromatic hydroxyl groups is 1. The first-order valence-electron chi connectivity index (χ1n) is 14.9. The van der Waals surface area contributed by atoms with Gasteiger partial charge in [-0.1, -0.05) is 50.2 Å². The maximum atomic E-state index is 13.2. The van der Waals surface area contributed by atoms with Crippen LogP contribution in [-0.2, 0) is 38.4 Å². The molecule has 0 radical (unpaired) electrons. The van der Waals surface area contributed by atoms with Crippen LogP contribution in [0.1, 0.15) is 43.4 Å². The van der Waals surface area contributed by atoms with Crippen molar-refractivity contribution in [2.45, 2.75) is 58.0 Å². The number of phenolic OH excluding ortho intramolecular Hbond substituents is 1. The zero-order valence-corrected chi connectivity index (χ0v) is 26.1. The van der Waals surface area contributed by atoms with Gasteiger partial charge in [0.05, 0.1) is 12.1 Å². The molecule has 0 bridgehead atoms. The molecule has 3 aromatic carbocycles. The van der Waals surface area contributed by atoms with Crippen molar-refractivity contribution in [1.82, 2.24) is 16.0 Å². The van der Waals surface area contributed by atoms with Crippen molar-refractivity contribution in [3.63, 3.8) is 0 Å². The fraction of sp³-hybridized carbons (Fsp3) is 0.294. The van der Waals surface area contributed by atoms with E-state index in [-0.39, 0.29) is 36.9 Å². The molecule has 47 heavy (non-hydrogen) atoms. The number of guanidine groups is 1. The third-order valence-electron chi connectivity index (χ3n) is 6.91. The topological polar surface area (TPSA) is 213 Å². The highest BCUT2D eigenvalue weighted by atomic mass is 16.4. The second-order valence-electron chi connectivity index (χ2n) is 11.3. The summed E-state index contributed by atoms with van der Waals surface area (Å²) in [4.78, 5) is 53.4. The smallest absolute Gasteiger partial charge is 0.326 e. The van der Waals surface area contributed by atoms with Gasteiger partial charge >= 0.3 is 11.9 Å². The summed E-state index contributed by atoms with van der Waals surface area (Å²) in [7, 11) is 0. The van der Waals surface area contributed by atoms with Crippen molar-refractivity contribution in [2.75, 3.05) is 5.32 Å². The summed E-state index contributed by atoms with van der Waals surface area (Å²) in [5.74, 6) is -2.90. The number of carboxylic acid groups (broad SMARTS) is 2. The fourth-order valence-electron chi connectivity index (χ4n) is 4.57. The number of anilines is 1. The Morgan fingerprint density at radius 1 is 0.830 bits per heavy atom. The summed E-state index contributed by atoms with van der Waals surface area (Å²) in [6.45, 7) is 3.77. The molecule has 246 valence electrons. The number of nitriles is 1. The molecular weight excluding hydrogens is 604 g/mol. The van der Waals surface area contributed by atoms with Crippen LogP contribution < -0.4 is 21.3 Å². The lowest BCUT2D eigenvalue weighted by molar-refractivity contribution is -0.142. The minimum Gasteiger partial charge on any atom is -0.508 e. The molecule has 0 aromatic heterocycles. The molecule has 0 spiro atoms. The Labute approximate surface area is 272 Å². The molecule has 0 saturated heterocycles. The molecule has 0 heterocycles. The number of carbonyl (C=O) groups is 4. The molecule has 13 nitrogen and oxygen atoms in total. The van der Waals surface area contributed by atoms with Crippen molar-refractivity contribution >= 4 is 41.1 Å². The quantitative estimate of drug-likeness (QED) is 0.0421. The first-order valence-corrected chi connectivity index (χ1v) is 14.9. The average molecular weight is 643 g/mol.